The van der Waals surface area contributed by atoms with Gasteiger partial charge >= 0.3 is 0 Å². The Labute approximate surface area is 179 Å². The van der Waals surface area contributed by atoms with Gasteiger partial charge in [0.15, 0.2) is 0 Å². The summed E-state index contributed by atoms with van der Waals surface area (Å²) in [5.74, 6) is 0.369. The maximum Gasteiger partial charge on any atom is 0.255 e. The fraction of sp³-hybridized carbons (Fsp3) is 0.440. The SMILES string of the molecule is CNC(=O)c1cccc2c1C(=O)N(C1CCN(Cc3ccc(C(C)C)cc3)CC1)C2. The lowest BCUT2D eigenvalue weighted by Crippen LogP contribution is -2.44. The number of hydrogen-bond donors (Lipinski definition) is 1. The van der Waals surface area contributed by atoms with Crippen LogP contribution in [0.1, 0.15) is 70.0 Å². The quantitative estimate of drug-likeness (QED) is 0.823. The van der Waals surface area contributed by atoms with Crippen molar-refractivity contribution in [3.63, 3.8) is 0 Å². The van der Waals surface area contributed by atoms with Gasteiger partial charge in [-0.25, -0.2) is 0 Å². The van der Waals surface area contributed by atoms with Gasteiger partial charge in [0.1, 0.15) is 0 Å². The molecule has 2 aliphatic heterocycles. The van der Waals surface area contributed by atoms with Crippen molar-refractivity contribution in [3.8, 4) is 0 Å². The van der Waals surface area contributed by atoms with Gasteiger partial charge in [-0.1, -0.05) is 50.2 Å². The molecule has 0 aromatic heterocycles. The second kappa shape index (κ2) is 8.60. The highest BCUT2D eigenvalue weighted by molar-refractivity contribution is 6.09. The largest absolute Gasteiger partial charge is 0.355 e. The molecule has 5 nitrogen and oxygen atoms in total. The molecule has 2 aromatic carbocycles. The smallest absolute Gasteiger partial charge is 0.255 e. The first-order valence-corrected chi connectivity index (χ1v) is 10.9. The van der Waals surface area contributed by atoms with Crippen molar-refractivity contribution in [3.05, 3.63) is 70.3 Å². The molecule has 5 heteroatoms. The predicted octanol–water partition coefficient (Wildman–Crippen LogP) is 3.79. The summed E-state index contributed by atoms with van der Waals surface area (Å²) in [6.45, 7) is 7.98. The molecule has 1 N–H and O–H groups in total. The lowest BCUT2D eigenvalue weighted by molar-refractivity contribution is 0.0588. The first-order chi connectivity index (χ1) is 14.5. The third-order valence-electron chi connectivity index (χ3n) is 6.49. The van der Waals surface area contributed by atoms with E-state index in [0.717, 1.165) is 38.0 Å². The minimum atomic E-state index is -0.194. The Bertz CT molecular complexity index is 928. The van der Waals surface area contributed by atoms with Gasteiger partial charge in [-0.05, 0) is 41.5 Å². The zero-order valence-electron chi connectivity index (χ0n) is 18.1. The number of rotatable bonds is 5. The normalized spacial score (nSPS) is 17.5. The monoisotopic (exact) mass is 405 g/mol. The number of likely N-dealkylation sites (tertiary alicyclic amines) is 1. The molecule has 2 aromatic rings. The van der Waals surface area contributed by atoms with Gasteiger partial charge in [0.2, 0.25) is 0 Å². The Morgan fingerprint density at radius 2 is 1.80 bits per heavy atom. The summed E-state index contributed by atoms with van der Waals surface area (Å²) in [5, 5.41) is 2.65. The van der Waals surface area contributed by atoms with E-state index in [-0.39, 0.29) is 17.9 Å². The van der Waals surface area contributed by atoms with Crippen LogP contribution >= 0.6 is 0 Å². The highest BCUT2D eigenvalue weighted by Crippen LogP contribution is 2.31. The number of fused-ring (bicyclic) bond motifs is 1. The van der Waals surface area contributed by atoms with Gasteiger partial charge in [0.05, 0.1) is 11.1 Å². The second-order valence-corrected chi connectivity index (χ2v) is 8.76. The number of carbonyl (C=O) groups is 2. The van der Waals surface area contributed by atoms with Crippen molar-refractivity contribution in [2.75, 3.05) is 20.1 Å². The molecule has 2 amide bonds. The van der Waals surface area contributed by atoms with Gasteiger partial charge in [-0.15, -0.1) is 0 Å². The number of amides is 2. The molecule has 0 radical (unpaired) electrons. The lowest BCUT2D eigenvalue weighted by atomic mass is 10.00. The Hall–Kier alpha value is -2.66. The standard InChI is InChI=1S/C25H31N3O2/c1-17(2)19-9-7-18(8-10-19)15-27-13-11-21(12-14-27)28-16-20-5-4-6-22(24(29)26-3)23(20)25(28)30/h4-10,17,21H,11-16H2,1-3H3,(H,26,29). The van der Waals surface area contributed by atoms with Crippen LogP contribution in [-0.4, -0.2) is 47.8 Å². The number of carbonyl (C=O) groups excluding carboxylic acids is 2. The molecular weight excluding hydrogens is 374 g/mol. The highest BCUT2D eigenvalue weighted by Gasteiger charge is 2.36. The third-order valence-corrected chi connectivity index (χ3v) is 6.49. The van der Waals surface area contributed by atoms with Crippen LogP contribution in [0.2, 0.25) is 0 Å². The maximum atomic E-state index is 13.1. The van der Waals surface area contributed by atoms with Crippen LogP contribution in [0.5, 0.6) is 0 Å². The molecule has 2 aliphatic rings. The van der Waals surface area contributed by atoms with Crippen LogP contribution in [0.25, 0.3) is 0 Å². The molecule has 0 saturated carbocycles. The van der Waals surface area contributed by atoms with Crippen molar-refractivity contribution in [1.82, 2.24) is 15.1 Å². The number of benzene rings is 2. The van der Waals surface area contributed by atoms with E-state index in [0.29, 0.717) is 23.6 Å². The van der Waals surface area contributed by atoms with E-state index in [2.05, 4.69) is 48.3 Å². The Kier molecular flexibility index (Phi) is 5.91. The minimum Gasteiger partial charge on any atom is -0.355 e. The van der Waals surface area contributed by atoms with Crippen LogP contribution in [0, 0.1) is 0 Å². The summed E-state index contributed by atoms with van der Waals surface area (Å²) in [7, 11) is 1.60. The number of nitrogens with zero attached hydrogens (tertiary/aromatic N) is 2. The van der Waals surface area contributed by atoms with Gasteiger partial charge in [-0.2, -0.15) is 0 Å². The summed E-state index contributed by atoms with van der Waals surface area (Å²) < 4.78 is 0. The van der Waals surface area contributed by atoms with Crippen LogP contribution in [0.3, 0.4) is 0 Å². The second-order valence-electron chi connectivity index (χ2n) is 8.76. The molecule has 1 saturated heterocycles. The van der Waals surface area contributed by atoms with Crippen molar-refractivity contribution in [1.29, 1.82) is 0 Å². The van der Waals surface area contributed by atoms with Crippen molar-refractivity contribution in [2.45, 2.75) is 51.7 Å². The first-order valence-electron chi connectivity index (χ1n) is 10.9. The van der Waals surface area contributed by atoms with Gasteiger partial charge in [0.25, 0.3) is 11.8 Å². The van der Waals surface area contributed by atoms with Crippen LogP contribution < -0.4 is 5.32 Å². The number of hydrogen-bond acceptors (Lipinski definition) is 3. The van der Waals surface area contributed by atoms with E-state index < -0.39 is 0 Å². The summed E-state index contributed by atoms with van der Waals surface area (Å²) in [6.07, 6.45) is 1.94. The van der Waals surface area contributed by atoms with Crippen molar-refractivity contribution in [2.24, 2.45) is 0 Å². The van der Waals surface area contributed by atoms with Crippen LogP contribution in [0.4, 0.5) is 0 Å². The molecule has 158 valence electrons. The van der Waals surface area contributed by atoms with E-state index in [9.17, 15) is 9.59 Å². The minimum absolute atomic E-state index is 0.00641. The average Bonchev–Trinajstić information content (AvgIpc) is 3.11. The zero-order chi connectivity index (χ0) is 21.3. The van der Waals surface area contributed by atoms with E-state index >= 15 is 0 Å². The van der Waals surface area contributed by atoms with Gasteiger partial charge in [0, 0.05) is 39.3 Å². The summed E-state index contributed by atoms with van der Waals surface area (Å²) >= 11 is 0. The molecule has 0 atom stereocenters. The fourth-order valence-corrected chi connectivity index (χ4v) is 4.66. The molecular formula is C25H31N3O2. The van der Waals surface area contributed by atoms with Crippen molar-refractivity contribution < 1.29 is 9.59 Å². The molecule has 2 heterocycles. The molecule has 0 unspecified atom stereocenters. The van der Waals surface area contributed by atoms with E-state index in [1.165, 1.54) is 11.1 Å². The molecule has 0 spiro atoms. The van der Waals surface area contributed by atoms with Gasteiger partial charge in [-0.3, -0.25) is 14.5 Å². The summed E-state index contributed by atoms with van der Waals surface area (Å²) in [6, 6.07) is 14.8. The van der Waals surface area contributed by atoms with Crippen molar-refractivity contribution >= 4 is 11.8 Å². The van der Waals surface area contributed by atoms with E-state index in [4.69, 9.17) is 0 Å². The fourth-order valence-electron chi connectivity index (χ4n) is 4.66. The highest BCUT2D eigenvalue weighted by atomic mass is 16.2. The topological polar surface area (TPSA) is 52.7 Å². The van der Waals surface area contributed by atoms with E-state index in [1.54, 1.807) is 13.1 Å². The molecule has 1 fully saturated rings. The third kappa shape index (κ3) is 3.99. The van der Waals surface area contributed by atoms with Crippen LogP contribution in [0.15, 0.2) is 42.5 Å². The van der Waals surface area contributed by atoms with Crippen LogP contribution in [-0.2, 0) is 13.1 Å². The summed E-state index contributed by atoms with van der Waals surface area (Å²) in [4.78, 5) is 29.8. The molecule has 0 aliphatic carbocycles. The summed E-state index contributed by atoms with van der Waals surface area (Å²) in [5.41, 5.74) is 4.77. The Morgan fingerprint density at radius 3 is 2.43 bits per heavy atom. The number of nitrogens with one attached hydrogen (secondary N) is 1. The Morgan fingerprint density at radius 1 is 1.10 bits per heavy atom. The number of piperidine rings is 1. The molecule has 0 bridgehead atoms. The lowest BCUT2D eigenvalue weighted by Gasteiger charge is -2.36. The zero-order valence-corrected chi connectivity index (χ0v) is 18.1. The first kappa shape index (κ1) is 20.6. The Balaban J connectivity index is 1.37. The predicted molar refractivity (Wildman–Crippen MR) is 119 cm³/mol. The maximum absolute atomic E-state index is 13.1. The van der Waals surface area contributed by atoms with E-state index in [1.807, 2.05) is 17.0 Å². The molecule has 30 heavy (non-hydrogen) atoms. The van der Waals surface area contributed by atoms with Gasteiger partial charge < -0.3 is 10.2 Å². The average molecular weight is 406 g/mol. The molecule has 4 rings (SSSR count).